The average Bonchev–Trinajstić information content (AvgIpc) is 2.42. The van der Waals surface area contributed by atoms with Crippen molar-refractivity contribution in [1.29, 1.82) is 0 Å². The zero-order chi connectivity index (χ0) is 12.6. The standard InChI is InChI=1S/C15H23NO2.ClH/c1-2-3-4-5-8-16-12-13-6-7-14-15(11-13)18-10-9-17-14;/h6-7,11,16H,2-5,8-10,12H2,1H3;1H. The van der Waals surface area contributed by atoms with E-state index in [1.807, 2.05) is 6.07 Å². The smallest absolute Gasteiger partial charge is 0.161 e. The Labute approximate surface area is 122 Å². The number of nitrogens with one attached hydrogen (secondary N) is 1. The van der Waals surface area contributed by atoms with E-state index in [2.05, 4.69) is 24.4 Å². The molecule has 19 heavy (non-hydrogen) atoms. The molecule has 0 bridgehead atoms. The third-order valence-electron chi connectivity index (χ3n) is 3.14. The van der Waals surface area contributed by atoms with Crippen molar-refractivity contribution in [3.8, 4) is 11.5 Å². The Kier molecular flexibility index (Phi) is 7.68. The van der Waals surface area contributed by atoms with Gasteiger partial charge in [-0.05, 0) is 30.7 Å². The van der Waals surface area contributed by atoms with Crippen LogP contribution in [-0.4, -0.2) is 19.8 Å². The van der Waals surface area contributed by atoms with Gasteiger partial charge in [-0.25, -0.2) is 0 Å². The van der Waals surface area contributed by atoms with Gasteiger partial charge in [0.05, 0.1) is 0 Å². The molecule has 0 saturated carbocycles. The van der Waals surface area contributed by atoms with E-state index in [0.717, 1.165) is 24.6 Å². The summed E-state index contributed by atoms with van der Waals surface area (Å²) in [5, 5.41) is 3.47. The van der Waals surface area contributed by atoms with Gasteiger partial charge in [-0.2, -0.15) is 0 Å². The number of hydrogen-bond acceptors (Lipinski definition) is 3. The van der Waals surface area contributed by atoms with Crippen LogP contribution >= 0.6 is 12.4 Å². The van der Waals surface area contributed by atoms with Gasteiger partial charge in [-0.3, -0.25) is 0 Å². The van der Waals surface area contributed by atoms with Crippen molar-refractivity contribution in [2.75, 3.05) is 19.8 Å². The third kappa shape index (κ3) is 5.29. The van der Waals surface area contributed by atoms with E-state index >= 15 is 0 Å². The molecule has 3 nitrogen and oxygen atoms in total. The van der Waals surface area contributed by atoms with E-state index in [4.69, 9.17) is 9.47 Å². The normalized spacial score (nSPS) is 12.9. The first kappa shape index (κ1) is 16.1. The molecule has 108 valence electrons. The second-order valence-corrected chi connectivity index (χ2v) is 4.72. The SMILES string of the molecule is CCCCCCNCc1ccc2c(c1)OCCO2.Cl. The van der Waals surface area contributed by atoms with Gasteiger partial charge >= 0.3 is 0 Å². The summed E-state index contributed by atoms with van der Waals surface area (Å²) in [7, 11) is 0. The van der Waals surface area contributed by atoms with Crippen LogP contribution in [0.4, 0.5) is 0 Å². The molecule has 0 atom stereocenters. The van der Waals surface area contributed by atoms with E-state index in [0.29, 0.717) is 13.2 Å². The van der Waals surface area contributed by atoms with Crippen molar-refractivity contribution < 1.29 is 9.47 Å². The summed E-state index contributed by atoms with van der Waals surface area (Å²) < 4.78 is 11.1. The molecule has 0 aliphatic carbocycles. The van der Waals surface area contributed by atoms with Crippen LogP contribution < -0.4 is 14.8 Å². The number of rotatable bonds is 7. The number of benzene rings is 1. The van der Waals surface area contributed by atoms with Gasteiger partial charge in [-0.1, -0.05) is 32.3 Å². The second-order valence-electron chi connectivity index (χ2n) is 4.72. The summed E-state index contributed by atoms with van der Waals surface area (Å²) in [5.74, 6) is 1.75. The first-order valence-electron chi connectivity index (χ1n) is 6.99. The summed E-state index contributed by atoms with van der Waals surface area (Å²) in [6.45, 7) is 5.54. The lowest BCUT2D eigenvalue weighted by atomic mass is 10.2. The Hall–Kier alpha value is -0.930. The fourth-order valence-corrected chi connectivity index (χ4v) is 2.11. The minimum Gasteiger partial charge on any atom is -0.486 e. The van der Waals surface area contributed by atoms with Crippen LogP contribution in [0.15, 0.2) is 18.2 Å². The molecule has 0 radical (unpaired) electrons. The Balaban J connectivity index is 0.00000180. The quantitative estimate of drug-likeness (QED) is 0.777. The van der Waals surface area contributed by atoms with Gasteiger partial charge in [-0.15, -0.1) is 12.4 Å². The van der Waals surface area contributed by atoms with Gasteiger partial charge in [0.15, 0.2) is 11.5 Å². The lowest BCUT2D eigenvalue weighted by molar-refractivity contribution is 0.171. The van der Waals surface area contributed by atoms with Gasteiger partial charge in [0.25, 0.3) is 0 Å². The van der Waals surface area contributed by atoms with Gasteiger partial charge in [0.1, 0.15) is 13.2 Å². The monoisotopic (exact) mass is 285 g/mol. The Bertz CT molecular complexity index is 371. The van der Waals surface area contributed by atoms with E-state index < -0.39 is 0 Å². The van der Waals surface area contributed by atoms with E-state index in [-0.39, 0.29) is 12.4 Å². The predicted octanol–water partition coefficient (Wildman–Crippen LogP) is 3.55. The molecule has 1 aliphatic rings. The first-order chi connectivity index (χ1) is 8.90. The van der Waals surface area contributed by atoms with E-state index in [9.17, 15) is 0 Å². The van der Waals surface area contributed by atoms with Crippen molar-refractivity contribution in [1.82, 2.24) is 5.32 Å². The van der Waals surface area contributed by atoms with Crippen LogP contribution in [0.3, 0.4) is 0 Å². The Morgan fingerprint density at radius 3 is 2.63 bits per heavy atom. The van der Waals surface area contributed by atoms with Crippen molar-refractivity contribution in [2.24, 2.45) is 0 Å². The predicted molar refractivity (Wildman–Crippen MR) is 80.5 cm³/mol. The molecule has 0 fully saturated rings. The highest BCUT2D eigenvalue weighted by atomic mass is 35.5. The topological polar surface area (TPSA) is 30.5 Å². The minimum atomic E-state index is 0. The molecule has 1 aromatic carbocycles. The molecule has 1 aromatic rings. The highest BCUT2D eigenvalue weighted by Crippen LogP contribution is 2.30. The van der Waals surface area contributed by atoms with Crippen LogP contribution in [0.25, 0.3) is 0 Å². The zero-order valence-electron chi connectivity index (χ0n) is 11.6. The van der Waals surface area contributed by atoms with E-state index in [1.165, 1.54) is 31.2 Å². The minimum absolute atomic E-state index is 0. The Morgan fingerprint density at radius 2 is 1.84 bits per heavy atom. The number of halogens is 1. The number of fused-ring (bicyclic) bond motifs is 1. The number of hydrogen-bond donors (Lipinski definition) is 1. The zero-order valence-corrected chi connectivity index (χ0v) is 12.4. The van der Waals surface area contributed by atoms with Gasteiger partial charge in [0.2, 0.25) is 0 Å². The molecule has 2 rings (SSSR count). The lowest BCUT2D eigenvalue weighted by Gasteiger charge is -2.19. The molecule has 0 unspecified atom stereocenters. The molecular formula is C15H24ClNO2. The van der Waals surface area contributed by atoms with Gasteiger partial charge in [0, 0.05) is 6.54 Å². The molecule has 1 heterocycles. The summed E-state index contributed by atoms with van der Waals surface area (Å²) in [6, 6.07) is 6.18. The number of unbranched alkanes of at least 4 members (excludes halogenated alkanes) is 3. The van der Waals surface area contributed by atoms with Crippen LogP contribution in [0.1, 0.15) is 38.2 Å². The van der Waals surface area contributed by atoms with Crippen molar-refractivity contribution >= 4 is 12.4 Å². The van der Waals surface area contributed by atoms with Crippen molar-refractivity contribution in [3.63, 3.8) is 0 Å². The van der Waals surface area contributed by atoms with Crippen molar-refractivity contribution in [3.05, 3.63) is 23.8 Å². The summed E-state index contributed by atoms with van der Waals surface area (Å²) in [5.41, 5.74) is 1.26. The fourth-order valence-electron chi connectivity index (χ4n) is 2.11. The van der Waals surface area contributed by atoms with Crippen LogP contribution in [-0.2, 0) is 6.54 Å². The maximum Gasteiger partial charge on any atom is 0.161 e. The average molecular weight is 286 g/mol. The van der Waals surface area contributed by atoms with E-state index in [1.54, 1.807) is 0 Å². The molecule has 4 heteroatoms. The molecule has 1 aliphatic heterocycles. The largest absolute Gasteiger partial charge is 0.486 e. The molecule has 0 saturated heterocycles. The second kappa shape index (κ2) is 9.05. The van der Waals surface area contributed by atoms with Gasteiger partial charge < -0.3 is 14.8 Å². The summed E-state index contributed by atoms with van der Waals surface area (Å²) >= 11 is 0. The molecule has 0 amide bonds. The highest BCUT2D eigenvalue weighted by molar-refractivity contribution is 5.85. The first-order valence-corrected chi connectivity index (χ1v) is 6.99. The van der Waals surface area contributed by atoms with Crippen LogP contribution in [0.2, 0.25) is 0 Å². The molecule has 1 N–H and O–H groups in total. The summed E-state index contributed by atoms with van der Waals surface area (Å²) in [6.07, 6.45) is 5.22. The maximum absolute atomic E-state index is 5.57. The maximum atomic E-state index is 5.57. The Morgan fingerprint density at radius 1 is 1.05 bits per heavy atom. The van der Waals surface area contributed by atoms with Crippen LogP contribution in [0.5, 0.6) is 11.5 Å². The third-order valence-corrected chi connectivity index (χ3v) is 3.14. The molecule has 0 spiro atoms. The fraction of sp³-hybridized carbons (Fsp3) is 0.600. The lowest BCUT2D eigenvalue weighted by Crippen LogP contribution is -2.17. The highest BCUT2D eigenvalue weighted by Gasteiger charge is 2.11. The van der Waals surface area contributed by atoms with Crippen molar-refractivity contribution in [2.45, 2.75) is 39.2 Å². The number of ether oxygens (including phenoxy) is 2. The molecule has 0 aromatic heterocycles. The van der Waals surface area contributed by atoms with Crippen LogP contribution in [0, 0.1) is 0 Å². The summed E-state index contributed by atoms with van der Waals surface area (Å²) in [4.78, 5) is 0. The molecular weight excluding hydrogens is 262 g/mol.